The molecule has 2 rings (SSSR count). The van der Waals surface area contributed by atoms with E-state index < -0.39 is 11.0 Å². The Kier molecular flexibility index (Phi) is 3.90. The van der Waals surface area contributed by atoms with Gasteiger partial charge in [-0.15, -0.1) is 10.2 Å². The summed E-state index contributed by atoms with van der Waals surface area (Å²) in [7, 11) is 0. The van der Waals surface area contributed by atoms with E-state index in [1.165, 1.54) is 29.2 Å². The molecule has 6 nitrogen and oxygen atoms in total. The van der Waals surface area contributed by atoms with Gasteiger partial charge in [0.25, 0.3) is 5.69 Å². The van der Waals surface area contributed by atoms with E-state index in [2.05, 4.69) is 10.2 Å². The molecular formula is C10H9N3O3S2. The number of hydrogen-bond donors (Lipinski definition) is 1. The molecule has 1 heterocycles. The zero-order chi connectivity index (χ0) is 13.1. The number of benzene rings is 1. The molecule has 0 aliphatic heterocycles. The van der Waals surface area contributed by atoms with Crippen LogP contribution in [0.2, 0.25) is 0 Å². The highest BCUT2D eigenvalue weighted by Crippen LogP contribution is 2.36. The Labute approximate surface area is 111 Å². The molecule has 1 atom stereocenters. The van der Waals surface area contributed by atoms with Crippen LogP contribution in [0.1, 0.15) is 18.6 Å². The van der Waals surface area contributed by atoms with Gasteiger partial charge in [0.05, 0.1) is 15.9 Å². The number of aromatic nitrogens is 2. The molecule has 0 radical (unpaired) electrons. The Morgan fingerprint density at radius 1 is 1.56 bits per heavy atom. The first-order valence-corrected chi connectivity index (χ1v) is 6.68. The molecule has 0 saturated heterocycles. The fourth-order valence-electron chi connectivity index (χ4n) is 1.32. The fourth-order valence-corrected chi connectivity index (χ4v) is 2.84. The normalized spacial score (nSPS) is 12.3. The molecule has 1 unspecified atom stereocenters. The van der Waals surface area contributed by atoms with Crippen molar-refractivity contribution < 1.29 is 10.0 Å². The van der Waals surface area contributed by atoms with Crippen molar-refractivity contribution >= 4 is 28.8 Å². The molecule has 0 saturated carbocycles. The zero-order valence-electron chi connectivity index (χ0n) is 9.31. The van der Waals surface area contributed by atoms with Gasteiger partial charge in [0, 0.05) is 6.07 Å². The molecule has 0 spiro atoms. The van der Waals surface area contributed by atoms with E-state index in [-0.39, 0.29) is 5.69 Å². The lowest BCUT2D eigenvalue weighted by molar-refractivity contribution is -0.387. The van der Waals surface area contributed by atoms with Crippen LogP contribution in [0.15, 0.2) is 32.9 Å². The number of nitro benzene ring substituents is 1. The van der Waals surface area contributed by atoms with Crippen LogP contribution in [0.4, 0.5) is 5.69 Å². The zero-order valence-corrected chi connectivity index (χ0v) is 10.9. The average molecular weight is 283 g/mol. The van der Waals surface area contributed by atoms with Crippen molar-refractivity contribution in [3.63, 3.8) is 0 Å². The molecule has 1 aromatic carbocycles. The SMILES string of the molecule is CC(O)c1ccc(Sc2nncs2)c([N+](=O)[O-])c1. The van der Waals surface area contributed by atoms with Gasteiger partial charge >= 0.3 is 0 Å². The minimum atomic E-state index is -0.732. The topological polar surface area (TPSA) is 89.2 Å². The molecule has 0 aliphatic rings. The third-order valence-electron chi connectivity index (χ3n) is 2.20. The summed E-state index contributed by atoms with van der Waals surface area (Å²) in [6, 6.07) is 4.67. The molecule has 0 amide bonds. The van der Waals surface area contributed by atoms with Gasteiger partial charge in [-0.2, -0.15) is 0 Å². The Morgan fingerprint density at radius 3 is 2.89 bits per heavy atom. The first kappa shape index (κ1) is 12.9. The molecule has 8 heteroatoms. The van der Waals surface area contributed by atoms with E-state index in [4.69, 9.17) is 0 Å². The van der Waals surface area contributed by atoms with E-state index in [0.29, 0.717) is 14.8 Å². The Bertz CT molecular complexity index is 558. The second kappa shape index (κ2) is 5.42. The number of hydrogen-bond acceptors (Lipinski definition) is 7. The maximum Gasteiger partial charge on any atom is 0.283 e. The third kappa shape index (κ3) is 2.84. The average Bonchev–Trinajstić information content (AvgIpc) is 2.81. The van der Waals surface area contributed by atoms with Gasteiger partial charge in [-0.05, 0) is 18.6 Å². The number of rotatable bonds is 4. The molecule has 18 heavy (non-hydrogen) atoms. The van der Waals surface area contributed by atoms with Gasteiger partial charge in [-0.1, -0.05) is 29.2 Å². The fraction of sp³-hybridized carbons (Fsp3) is 0.200. The number of aliphatic hydroxyl groups is 1. The van der Waals surface area contributed by atoms with Crippen LogP contribution < -0.4 is 0 Å². The van der Waals surface area contributed by atoms with Crippen LogP contribution in [0.5, 0.6) is 0 Å². The van der Waals surface area contributed by atoms with E-state index in [1.807, 2.05) is 0 Å². The van der Waals surface area contributed by atoms with Crippen molar-refractivity contribution in [3.8, 4) is 0 Å². The number of aliphatic hydroxyl groups excluding tert-OH is 1. The first-order valence-electron chi connectivity index (χ1n) is 4.98. The third-order valence-corrected chi connectivity index (χ3v) is 4.04. The van der Waals surface area contributed by atoms with Gasteiger partial charge < -0.3 is 5.11 Å². The first-order chi connectivity index (χ1) is 8.58. The monoisotopic (exact) mass is 283 g/mol. The van der Waals surface area contributed by atoms with E-state index in [0.717, 1.165) is 0 Å². The lowest BCUT2D eigenvalue weighted by Gasteiger charge is -2.06. The van der Waals surface area contributed by atoms with Crippen LogP contribution >= 0.6 is 23.1 Å². The van der Waals surface area contributed by atoms with Crippen molar-refractivity contribution in [2.45, 2.75) is 22.3 Å². The van der Waals surface area contributed by atoms with Crippen molar-refractivity contribution in [2.24, 2.45) is 0 Å². The molecule has 0 aliphatic carbocycles. The highest BCUT2D eigenvalue weighted by atomic mass is 32.2. The minimum absolute atomic E-state index is 0.0337. The molecule has 2 aromatic rings. The summed E-state index contributed by atoms with van der Waals surface area (Å²) >= 11 is 2.51. The minimum Gasteiger partial charge on any atom is -0.389 e. The highest BCUT2D eigenvalue weighted by Gasteiger charge is 2.18. The number of nitro groups is 1. The Morgan fingerprint density at radius 2 is 2.33 bits per heavy atom. The van der Waals surface area contributed by atoms with Crippen molar-refractivity contribution in [1.29, 1.82) is 0 Å². The van der Waals surface area contributed by atoms with Crippen LogP contribution in [0.25, 0.3) is 0 Å². The van der Waals surface area contributed by atoms with Gasteiger partial charge in [0.1, 0.15) is 5.51 Å². The summed E-state index contributed by atoms with van der Waals surface area (Å²) in [6.45, 7) is 1.57. The molecular weight excluding hydrogens is 274 g/mol. The van der Waals surface area contributed by atoms with Gasteiger partial charge in [0.15, 0.2) is 4.34 Å². The lowest BCUT2D eigenvalue weighted by Crippen LogP contribution is -1.96. The van der Waals surface area contributed by atoms with E-state index in [9.17, 15) is 15.2 Å². The standard InChI is InChI=1S/C10H9N3O3S2/c1-6(14)7-2-3-9(8(4-7)13(15)16)18-10-12-11-5-17-10/h2-6,14H,1H3. The maximum absolute atomic E-state index is 11.0. The van der Waals surface area contributed by atoms with Crippen LogP contribution in [-0.4, -0.2) is 20.2 Å². The molecule has 1 N–H and O–H groups in total. The van der Waals surface area contributed by atoms with Crippen molar-refractivity contribution in [1.82, 2.24) is 10.2 Å². The Balaban J connectivity index is 2.37. The molecule has 94 valence electrons. The van der Waals surface area contributed by atoms with Gasteiger partial charge in [0.2, 0.25) is 0 Å². The smallest absolute Gasteiger partial charge is 0.283 e. The summed E-state index contributed by atoms with van der Waals surface area (Å²) in [5, 5.41) is 27.9. The highest BCUT2D eigenvalue weighted by molar-refractivity contribution is 8.01. The second-order valence-electron chi connectivity index (χ2n) is 3.47. The van der Waals surface area contributed by atoms with E-state index >= 15 is 0 Å². The second-order valence-corrected chi connectivity index (χ2v) is 5.59. The molecule has 1 aromatic heterocycles. The predicted molar refractivity (Wildman–Crippen MR) is 67.8 cm³/mol. The largest absolute Gasteiger partial charge is 0.389 e. The lowest BCUT2D eigenvalue weighted by atomic mass is 10.1. The summed E-state index contributed by atoms with van der Waals surface area (Å²) in [4.78, 5) is 11.0. The van der Waals surface area contributed by atoms with E-state index in [1.54, 1.807) is 24.6 Å². The quantitative estimate of drug-likeness (QED) is 0.685. The number of nitrogens with zero attached hydrogens (tertiary/aromatic N) is 3. The van der Waals surface area contributed by atoms with Gasteiger partial charge in [-0.3, -0.25) is 10.1 Å². The van der Waals surface area contributed by atoms with Crippen LogP contribution in [0, 0.1) is 10.1 Å². The van der Waals surface area contributed by atoms with Crippen LogP contribution in [0.3, 0.4) is 0 Å². The maximum atomic E-state index is 11.0. The van der Waals surface area contributed by atoms with Crippen molar-refractivity contribution in [3.05, 3.63) is 39.4 Å². The Hall–Kier alpha value is -1.51. The summed E-state index contributed by atoms with van der Waals surface area (Å²) in [5.74, 6) is 0. The predicted octanol–water partition coefficient (Wildman–Crippen LogP) is 2.65. The summed E-state index contributed by atoms with van der Waals surface area (Å²) in [6.07, 6.45) is -0.732. The van der Waals surface area contributed by atoms with Gasteiger partial charge in [-0.25, -0.2) is 0 Å². The molecule has 0 fully saturated rings. The molecule has 0 bridgehead atoms. The summed E-state index contributed by atoms with van der Waals surface area (Å²) in [5.41, 5.74) is 2.05. The van der Waals surface area contributed by atoms with Crippen molar-refractivity contribution in [2.75, 3.05) is 0 Å². The summed E-state index contributed by atoms with van der Waals surface area (Å²) < 4.78 is 0.642. The van der Waals surface area contributed by atoms with Crippen LogP contribution in [-0.2, 0) is 0 Å².